The van der Waals surface area contributed by atoms with Crippen LogP contribution in [0.1, 0.15) is 42.7 Å². The van der Waals surface area contributed by atoms with Crippen molar-refractivity contribution < 1.29 is 4.79 Å². The van der Waals surface area contributed by atoms with Gasteiger partial charge < -0.3 is 10.2 Å². The minimum absolute atomic E-state index is 0.205. The van der Waals surface area contributed by atoms with Crippen LogP contribution >= 0.6 is 0 Å². The number of hydrogen-bond acceptors (Lipinski definition) is 2. The number of nitrogens with zero attached hydrogens (tertiary/aromatic N) is 1. The standard InChI is InChI=1S/C23H28N2O/c26-22(25-16-8-14-23(18-25)13-7-15-24-17-23)21(19-9-3-1-4-10-19)20-11-5-2-6-12-20/h1-6,9-12,21,24H,7-8,13-18H2. The molecule has 2 heterocycles. The van der Waals surface area contributed by atoms with Gasteiger partial charge in [0.25, 0.3) is 0 Å². The van der Waals surface area contributed by atoms with Gasteiger partial charge in [-0.2, -0.15) is 0 Å². The van der Waals surface area contributed by atoms with E-state index in [2.05, 4.69) is 34.5 Å². The molecule has 1 N–H and O–H groups in total. The molecule has 0 radical (unpaired) electrons. The third kappa shape index (κ3) is 3.54. The quantitative estimate of drug-likeness (QED) is 0.915. The molecule has 1 atom stereocenters. The molecule has 3 nitrogen and oxygen atoms in total. The highest BCUT2D eigenvalue weighted by Crippen LogP contribution is 2.37. The number of benzene rings is 2. The number of nitrogens with one attached hydrogen (secondary N) is 1. The van der Waals surface area contributed by atoms with Crippen molar-refractivity contribution in [2.45, 2.75) is 31.6 Å². The molecule has 2 saturated heterocycles. The molecule has 2 fully saturated rings. The molecule has 26 heavy (non-hydrogen) atoms. The van der Waals surface area contributed by atoms with Gasteiger partial charge >= 0.3 is 0 Å². The van der Waals surface area contributed by atoms with Crippen molar-refractivity contribution in [3.8, 4) is 0 Å². The van der Waals surface area contributed by atoms with E-state index >= 15 is 0 Å². The molecule has 1 spiro atoms. The van der Waals surface area contributed by atoms with Crippen LogP contribution in [0.25, 0.3) is 0 Å². The van der Waals surface area contributed by atoms with Crippen LogP contribution in [0.15, 0.2) is 60.7 Å². The maximum absolute atomic E-state index is 13.6. The Morgan fingerprint density at radius 2 is 1.54 bits per heavy atom. The summed E-state index contributed by atoms with van der Waals surface area (Å²) in [6, 6.07) is 20.5. The van der Waals surface area contributed by atoms with Gasteiger partial charge in [-0.25, -0.2) is 0 Å². The second-order valence-corrected chi connectivity index (χ2v) is 7.90. The molecular weight excluding hydrogens is 320 g/mol. The van der Waals surface area contributed by atoms with E-state index < -0.39 is 0 Å². The lowest BCUT2D eigenvalue weighted by atomic mass is 9.74. The monoisotopic (exact) mass is 348 g/mol. The van der Waals surface area contributed by atoms with Gasteiger partial charge in [0.2, 0.25) is 5.91 Å². The molecule has 0 bridgehead atoms. The van der Waals surface area contributed by atoms with Gasteiger partial charge in [-0.3, -0.25) is 4.79 Å². The van der Waals surface area contributed by atoms with Gasteiger partial charge in [0.05, 0.1) is 5.92 Å². The Bertz CT molecular complexity index is 677. The van der Waals surface area contributed by atoms with Crippen LogP contribution in [-0.2, 0) is 4.79 Å². The smallest absolute Gasteiger partial charge is 0.234 e. The minimum Gasteiger partial charge on any atom is -0.341 e. The second kappa shape index (κ2) is 7.63. The normalized spacial score (nSPS) is 23.3. The third-order valence-electron chi connectivity index (χ3n) is 6.05. The van der Waals surface area contributed by atoms with Crippen molar-refractivity contribution in [1.29, 1.82) is 0 Å². The fourth-order valence-corrected chi connectivity index (χ4v) is 4.73. The number of piperidine rings is 2. The minimum atomic E-state index is -0.205. The van der Waals surface area contributed by atoms with Crippen LogP contribution in [0.2, 0.25) is 0 Å². The van der Waals surface area contributed by atoms with E-state index in [0.29, 0.717) is 0 Å². The molecule has 2 aromatic carbocycles. The molecule has 2 aromatic rings. The van der Waals surface area contributed by atoms with Crippen molar-refractivity contribution in [3.05, 3.63) is 71.8 Å². The maximum atomic E-state index is 13.6. The number of amides is 1. The Morgan fingerprint density at radius 1 is 0.923 bits per heavy atom. The predicted octanol–water partition coefficient (Wildman–Crippen LogP) is 3.81. The van der Waals surface area contributed by atoms with Gasteiger partial charge in [0, 0.05) is 25.0 Å². The first-order chi connectivity index (χ1) is 12.8. The predicted molar refractivity (Wildman–Crippen MR) is 105 cm³/mol. The highest BCUT2D eigenvalue weighted by atomic mass is 16.2. The summed E-state index contributed by atoms with van der Waals surface area (Å²) in [6.45, 7) is 3.95. The highest BCUT2D eigenvalue weighted by Gasteiger charge is 2.39. The number of likely N-dealkylation sites (tertiary alicyclic amines) is 1. The molecule has 4 rings (SSSR count). The third-order valence-corrected chi connectivity index (χ3v) is 6.05. The molecule has 0 aromatic heterocycles. The molecule has 136 valence electrons. The lowest BCUT2D eigenvalue weighted by Gasteiger charge is -2.46. The Labute approximate surface area is 156 Å². The zero-order chi connectivity index (χ0) is 17.8. The summed E-state index contributed by atoms with van der Waals surface area (Å²) in [5.41, 5.74) is 2.46. The van der Waals surface area contributed by atoms with Crippen LogP contribution in [0.5, 0.6) is 0 Å². The molecule has 0 saturated carbocycles. The van der Waals surface area contributed by atoms with Gasteiger partial charge in [-0.15, -0.1) is 0 Å². The molecule has 1 unspecified atom stereocenters. The first-order valence-electron chi connectivity index (χ1n) is 9.87. The average Bonchev–Trinajstić information content (AvgIpc) is 2.70. The topological polar surface area (TPSA) is 32.3 Å². The lowest BCUT2D eigenvalue weighted by molar-refractivity contribution is -0.135. The summed E-state index contributed by atoms with van der Waals surface area (Å²) in [6.07, 6.45) is 4.82. The highest BCUT2D eigenvalue weighted by molar-refractivity contribution is 5.87. The largest absolute Gasteiger partial charge is 0.341 e. The van der Waals surface area contributed by atoms with Crippen LogP contribution < -0.4 is 5.32 Å². The molecule has 2 aliphatic rings. The van der Waals surface area contributed by atoms with E-state index in [1.807, 2.05) is 36.4 Å². The van der Waals surface area contributed by atoms with Crippen LogP contribution in [0.4, 0.5) is 0 Å². The Balaban J connectivity index is 1.62. The van der Waals surface area contributed by atoms with Crippen molar-refractivity contribution in [1.82, 2.24) is 10.2 Å². The number of carbonyl (C=O) groups excluding carboxylic acids is 1. The SMILES string of the molecule is O=C(C(c1ccccc1)c1ccccc1)N1CCCC2(CCCNC2)C1. The summed E-state index contributed by atoms with van der Waals surface area (Å²) in [4.78, 5) is 15.8. The number of hydrogen-bond donors (Lipinski definition) is 1. The van der Waals surface area contributed by atoms with E-state index in [4.69, 9.17) is 0 Å². The van der Waals surface area contributed by atoms with Crippen LogP contribution in [-0.4, -0.2) is 37.0 Å². The number of rotatable bonds is 3. The zero-order valence-electron chi connectivity index (χ0n) is 15.4. The van der Waals surface area contributed by atoms with E-state index in [9.17, 15) is 4.79 Å². The van der Waals surface area contributed by atoms with Crippen molar-refractivity contribution in [2.75, 3.05) is 26.2 Å². The fourth-order valence-electron chi connectivity index (χ4n) is 4.73. The average molecular weight is 348 g/mol. The summed E-state index contributed by atoms with van der Waals surface area (Å²) in [5, 5.41) is 3.56. The van der Waals surface area contributed by atoms with Crippen molar-refractivity contribution in [3.63, 3.8) is 0 Å². The van der Waals surface area contributed by atoms with E-state index in [-0.39, 0.29) is 17.2 Å². The molecule has 2 aliphatic heterocycles. The lowest BCUT2D eigenvalue weighted by Crippen LogP contribution is -2.53. The van der Waals surface area contributed by atoms with Crippen LogP contribution in [0, 0.1) is 5.41 Å². The van der Waals surface area contributed by atoms with Gasteiger partial charge in [0.15, 0.2) is 0 Å². The Hall–Kier alpha value is -2.13. The van der Waals surface area contributed by atoms with E-state index in [0.717, 1.165) is 43.7 Å². The molecule has 0 aliphatic carbocycles. The van der Waals surface area contributed by atoms with Crippen molar-refractivity contribution >= 4 is 5.91 Å². The molecule has 1 amide bonds. The Morgan fingerprint density at radius 3 is 2.12 bits per heavy atom. The summed E-state index contributed by atoms with van der Waals surface area (Å²) in [7, 11) is 0. The molecule has 3 heteroatoms. The summed E-state index contributed by atoms with van der Waals surface area (Å²) >= 11 is 0. The summed E-state index contributed by atoms with van der Waals surface area (Å²) in [5.74, 6) is 0.0520. The van der Waals surface area contributed by atoms with E-state index in [1.54, 1.807) is 0 Å². The van der Waals surface area contributed by atoms with Gasteiger partial charge in [-0.1, -0.05) is 60.7 Å². The summed E-state index contributed by atoms with van der Waals surface area (Å²) < 4.78 is 0. The number of carbonyl (C=O) groups is 1. The second-order valence-electron chi connectivity index (χ2n) is 7.90. The van der Waals surface area contributed by atoms with Crippen molar-refractivity contribution in [2.24, 2.45) is 5.41 Å². The Kier molecular flexibility index (Phi) is 5.07. The maximum Gasteiger partial charge on any atom is 0.234 e. The van der Waals surface area contributed by atoms with Crippen LogP contribution in [0.3, 0.4) is 0 Å². The van der Waals surface area contributed by atoms with Gasteiger partial charge in [-0.05, 0) is 43.4 Å². The fraction of sp³-hybridized carbons (Fsp3) is 0.435. The molecular formula is C23H28N2O. The first-order valence-corrected chi connectivity index (χ1v) is 9.87. The first kappa shape index (κ1) is 17.3. The van der Waals surface area contributed by atoms with E-state index in [1.165, 1.54) is 19.3 Å². The zero-order valence-corrected chi connectivity index (χ0v) is 15.4. The van der Waals surface area contributed by atoms with Gasteiger partial charge in [0.1, 0.15) is 0 Å².